The molecule has 8 nitrogen and oxygen atoms in total. The fourth-order valence-electron chi connectivity index (χ4n) is 4.49. The van der Waals surface area contributed by atoms with E-state index in [9.17, 15) is 9.59 Å². The van der Waals surface area contributed by atoms with E-state index in [1.165, 1.54) is 14.2 Å². The van der Waals surface area contributed by atoms with Crippen LogP contribution in [0.25, 0.3) is 0 Å². The first-order valence-corrected chi connectivity index (χ1v) is 11.9. The predicted octanol–water partition coefficient (Wildman–Crippen LogP) is 3.97. The van der Waals surface area contributed by atoms with Gasteiger partial charge < -0.3 is 28.6 Å². The molecular formula is C28H31NO7. The second-order valence-corrected chi connectivity index (χ2v) is 8.60. The van der Waals surface area contributed by atoms with Crippen molar-refractivity contribution in [2.24, 2.45) is 0 Å². The van der Waals surface area contributed by atoms with Crippen LogP contribution in [0.5, 0.6) is 11.5 Å². The molecule has 1 atom stereocenters. The molecule has 0 radical (unpaired) electrons. The molecule has 8 heteroatoms. The van der Waals surface area contributed by atoms with E-state index in [1.54, 1.807) is 36.5 Å². The van der Waals surface area contributed by atoms with Crippen LogP contribution in [0.4, 0.5) is 0 Å². The minimum atomic E-state index is -0.706. The summed E-state index contributed by atoms with van der Waals surface area (Å²) in [6, 6.07) is 15.2. The molecule has 2 aromatic carbocycles. The number of benzene rings is 2. The maximum Gasteiger partial charge on any atom is 0.336 e. The number of rotatable bonds is 9. The standard InChI is InChI=1S/C28H31NO7/c1-32-25-14-20(11-12-24(25)36-18-19-8-5-4-6-9-19)26-22(27(30)33-2)16-29(15-21-10-7-13-35-21)17-23(26)28(31)34-3/h4-6,8-9,11-12,14,16-17,21,26H,7,10,13,15,18H2,1-3H3/t21-/m1/s1. The number of nitrogens with zero attached hydrogens (tertiary/aromatic N) is 1. The van der Waals surface area contributed by atoms with Crippen LogP contribution in [0.15, 0.2) is 72.1 Å². The Kier molecular flexibility index (Phi) is 8.28. The molecular weight excluding hydrogens is 462 g/mol. The third kappa shape index (κ3) is 5.71. The summed E-state index contributed by atoms with van der Waals surface area (Å²) in [6.07, 6.45) is 5.37. The van der Waals surface area contributed by atoms with Crippen LogP contribution >= 0.6 is 0 Å². The number of esters is 2. The summed E-state index contributed by atoms with van der Waals surface area (Å²) in [5.41, 5.74) is 2.33. The van der Waals surface area contributed by atoms with E-state index in [4.69, 9.17) is 23.7 Å². The van der Waals surface area contributed by atoms with Crippen LogP contribution in [0.2, 0.25) is 0 Å². The zero-order chi connectivity index (χ0) is 25.5. The van der Waals surface area contributed by atoms with E-state index in [0.717, 1.165) is 18.4 Å². The summed E-state index contributed by atoms with van der Waals surface area (Å²) < 4.78 is 27.5. The molecule has 1 fully saturated rings. The Morgan fingerprint density at radius 2 is 1.64 bits per heavy atom. The largest absolute Gasteiger partial charge is 0.493 e. The third-order valence-electron chi connectivity index (χ3n) is 6.27. The highest BCUT2D eigenvalue weighted by Gasteiger charge is 2.36. The summed E-state index contributed by atoms with van der Waals surface area (Å²) in [5.74, 6) is -0.736. The minimum absolute atomic E-state index is 0.0213. The smallest absolute Gasteiger partial charge is 0.336 e. The van der Waals surface area contributed by atoms with Gasteiger partial charge in [0.15, 0.2) is 11.5 Å². The van der Waals surface area contributed by atoms with Crippen LogP contribution < -0.4 is 9.47 Å². The molecule has 1 saturated heterocycles. The average molecular weight is 494 g/mol. The highest BCUT2D eigenvalue weighted by atomic mass is 16.5. The molecule has 0 spiro atoms. The molecule has 0 saturated carbocycles. The lowest BCUT2D eigenvalue weighted by Crippen LogP contribution is -2.32. The third-order valence-corrected chi connectivity index (χ3v) is 6.27. The van der Waals surface area contributed by atoms with Crippen molar-refractivity contribution in [3.63, 3.8) is 0 Å². The van der Waals surface area contributed by atoms with Gasteiger partial charge >= 0.3 is 11.9 Å². The number of hydrogen-bond acceptors (Lipinski definition) is 8. The second-order valence-electron chi connectivity index (χ2n) is 8.60. The van der Waals surface area contributed by atoms with E-state index in [-0.39, 0.29) is 6.10 Å². The van der Waals surface area contributed by atoms with Gasteiger partial charge in [0.25, 0.3) is 0 Å². The molecule has 36 heavy (non-hydrogen) atoms. The number of methoxy groups -OCH3 is 3. The molecule has 0 aliphatic carbocycles. The molecule has 4 rings (SSSR count). The zero-order valence-corrected chi connectivity index (χ0v) is 20.8. The monoisotopic (exact) mass is 493 g/mol. The van der Waals surface area contributed by atoms with E-state index in [2.05, 4.69) is 0 Å². The van der Waals surface area contributed by atoms with Crippen molar-refractivity contribution < 1.29 is 33.3 Å². The average Bonchev–Trinajstić information content (AvgIpc) is 3.44. The van der Waals surface area contributed by atoms with Crippen LogP contribution in [-0.4, -0.2) is 57.4 Å². The molecule has 2 aromatic rings. The van der Waals surface area contributed by atoms with Gasteiger partial charge in [-0.05, 0) is 36.1 Å². The predicted molar refractivity (Wildman–Crippen MR) is 132 cm³/mol. The molecule has 0 bridgehead atoms. The van der Waals surface area contributed by atoms with E-state index in [1.807, 2.05) is 36.4 Å². The van der Waals surface area contributed by atoms with Gasteiger partial charge in [0.1, 0.15) is 6.61 Å². The van der Waals surface area contributed by atoms with E-state index in [0.29, 0.717) is 48.0 Å². The molecule has 0 aromatic heterocycles. The number of hydrogen-bond donors (Lipinski definition) is 0. The zero-order valence-electron chi connectivity index (χ0n) is 20.8. The SMILES string of the molecule is COC(=O)C1=CN(C[C@H]2CCCO2)C=C(C(=O)OC)C1c1ccc(OCc2ccccc2)c(OC)c1. The summed E-state index contributed by atoms with van der Waals surface area (Å²) in [6.45, 7) is 1.60. The van der Waals surface area contributed by atoms with Crippen LogP contribution in [0, 0.1) is 0 Å². The first-order valence-electron chi connectivity index (χ1n) is 11.9. The van der Waals surface area contributed by atoms with Crippen molar-refractivity contribution in [1.82, 2.24) is 4.90 Å². The fraction of sp³-hybridized carbons (Fsp3) is 0.357. The molecule has 2 aliphatic rings. The van der Waals surface area contributed by atoms with Gasteiger partial charge in [-0.1, -0.05) is 36.4 Å². The van der Waals surface area contributed by atoms with Gasteiger partial charge in [-0.25, -0.2) is 9.59 Å². The van der Waals surface area contributed by atoms with Gasteiger partial charge in [-0.2, -0.15) is 0 Å². The normalized spacial score (nSPS) is 17.8. The van der Waals surface area contributed by atoms with Crippen molar-refractivity contribution in [3.8, 4) is 11.5 Å². The Morgan fingerprint density at radius 1 is 0.944 bits per heavy atom. The van der Waals surface area contributed by atoms with Crippen LogP contribution in [0.3, 0.4) is 0 Å². The van der Waals surface area contributed by atoms with Gasteiger partial charge in [0.05, 0.1) is 44.5 Å². The fourth-order valence-corrected chi connectivity index (χ4v) is 4.49. The highest BCUT2D eigenvalue weighted by molar-refractivity contribution is 5.98. The number of ether oxygens (including phenoxy) is 5. The molecule has 0 N–H and O–H groups in total. The van der Waals surface area contributed by atoms with Gasteiger partial charge in [0.2, 0.25) is 0 Å². The molecule has 2 heterocycles. The Balaban J connectivity index is 1.67. The van der Waals surface area contributed by atoms with Crippen molar-refractivity contribution in [2.45, 2.75) is 31.5 Å². The first kappa shape index (κ1) is 25.3. The first-order chi connectivity index (χ1) is 17.5. The van der Waals surface area contributed by atoms with Crippen LogP contribution in [-0.2, 0) is 30.4 Å². The highest BCUT2D eigenvalue weighted by Crippen LogP contribution is 2.40. The van der Waals surface area contributed by atoms with Crippen molar-refractivity contribution in [2.75, 3.05) is 34.5 Å². The van der Waals surface area contributed by atoms with Crippen molar-refractivity contribution in [1.29, 1.82) is 0 Å². The van der Waals surface area contributed by atoms with Gasteiger partial charge in [-0.15, -0.1) is 0 Å². The summed E-state index contributed by atoms with van der Waals surface area (Å²) in [7, 11) is 4.19. The Bertz CT molecular complexity index is 1100. The Hall–Kier alpha value is -3.78. The quantitative estimate of drug-likeness (QED) is 0.486. The number of carbonyl (C=O) groups is 2. The van der Waals surface area contributed by atoms with Crippen LogP contribution in [0.1, 0.15) is 29.9 Å². The summed E-state index contributed by atoms with van der Waals surface area (Å²) in [5, 5.41) is 0. The van der Waals surface area contributed by atoms with Gasteiger partial charge in [-0.3, -0.25) is 0 Å². The maximum atomic E-state index is 12.9. The Morgan fingerprint density at radius 3 is 2.22 bits per heavy atom. The maximum absolute atomic E-state index is 12.9. The van der Waals surface area contributed by atoms with Gasteiger partial charge in [0, 0.05) is 25.6 Å². The lowest BCUT2D eigenvalue weighted by Gasteiger charge is -2.31. The number of carbonyl (C=O) groups excluding carboxylic acids is 2. The minimum Gasteiger partial charge on any atom is -0.493 e. The lowest BCUT2D eigenvalue weighted by molar-refractivity contribution is -0.137. The molecule has 190 valence electrons. The molecule has 2 aliphatic heterocycles. The summed E-state index contributed by atoms with van der Waals surface area (Å²) in [4.78, 5) is 27.6. The second kappa shape index (κ2) is 11.8. The Labute approximate surface area is 211 Å². The van der Waals surface area contributed by atoms with Crippen molar-refractivity contribution >= 4 is 11.9 Å². The van der Waals surface area contributed by atoms with Crippen molar-refractivity contribution in [3.05, 3.63) is 83.2 Å². The lowest BCUT2D eigenvalue weighted by atomic mass is 9.83. The molecule has 0 amide bonds. The summed E-state index contributed by atoms with van der Waals surface area (Å²) >= 11 is 0. The van der Waals surface area contributed by atoms with E-state index >= 15 is 0 Å². The topological polar surface area (TPSA) is 83.5 Å². The molecule has 0 unspecified atom stereocenters. The van der Waals surface area contributed by atoms with E-state index < -0.39 is 17.9 Å².